The molecular weight excluding hydrogens is 315 g/mol. The normalized spacial score (nSPS) is 26.2. The van der Waals surface area contributed by atoms with Crippen LogP contribution < -0.4 is 4.74 Å². The molecule has 0 aromatic carbocycles. The maximum Gasteiger partial charge on any atom is 0.257 e. The van der Waals surface area contributed by atoms with Crippen molar-refractivity contribution >= 4 is 5.91 Å². The third-order valence-corrected chi connectivity index (χ3v) is 4.55. The molecule has 3 atom stereocenters. The lowest BCUT2D eigenvalue weighted by Gasteiger charge is -2.38. The van der Waals surface area contributed by atoms with E-state index in [-0.39, 0.29) is 30.0 Å². The number of nitrogens with zero attached hydrogens (tertiary/aromatic N) is 2. The van der Waals surface area contributed by atoms with Crippen LogP contribution in [0.2, 0.25) is 0 Å². The summed E-state index contributed by atoms with van der Waals surface area (Å²) in [5, 5.41) is 0. The number of carbonyl (C=O) groups excluding carboxylic acids is 1. The zero-order valence-corrected chi connectivity index (χ0v) is 12.9. The number of halogens is 1. The van der Waals surface area contributed by atoms with Crippen molar-refractivity contribution in [1.29, 1.82) is 0 Å². The van der Waals surface area contributed by atoms with Crippen LogP contribution in [0.15, 0.2) is 41.3 Å². The minimum atomic E-state index is -0.497. The van der Waals surface area contributed by atoms with Gasteiger partial charge in [0, 0.05) is 12.7 Å². The number of fused-ring (bicyclic) bond motifs is 1. The molecule has 3 heterocycles. The average Bonchev–Trinajstić information content (AvgIpc) is 3.26. The number of ether oxygens (including phenoxy) is 2. The monoisotopic (exact) mass is 332 g/mol. The fourth-order valence-corrected chi connectivity index (χ4v) is 3.45. The predicted molar refractivity (Wildman–Crippen MR) is 81.1 cm³/mol. The Morgan fingerprint density at radius 2 is 2.29 bits per heavy atom. The van der Waals surface area contributed by atoms with E-state index in [2.05, 4.69) is 4.98 Å². The zero-order chi connectivity index (χ0) is 16.5. The van der Waals surface area contributed by atoms with E-state index in [9.17, 15) is 9.18 Å². The van der Waals surface area contributed by atoms with Gasteiger partial charge < -0.3 is 18.8 Å². The second-order valence-electron chi connectivity index (χ2n) is 5.94. The summed E-state index contributed by atoms with van der Waals surface area (Å²) >= 11 is 0. The van der Waals surface area contributed by atoms with Gasteiger partial charge in [0.2, 0.25) is 0 Å². The van der Waals surface area contributed by atoms with Crippen molar-refractivity contribution < 1.29 is 23.1 Å². The lowest BCUT2D eigenvalue weighted by molar-refractivity contribution is -0.0799. The summed E-state index contributed by atoms with van der Waals surface area (Å²) < 4.78 is 30.3. The van der Waals surface area contributed by atoms with Gasteiger partial charge in [-0.05, 0) is 31.0 Å². The topological polar surface area (TPSA) is 64.8 Å². The molecule has 1 amide bonds. The smallest absolute Gasteiger partial charge is 0.257 e. The Labute approximate surface area is 138 Å². The minimum Gasteiger partial charge on any atom is -0.472 e. The molecule has 0 unspecified atom stereocenters. The molecule has 0 spiro atoms. The molecule has 2 fully saturated rings. The van der Waals surface area contributed by atoms with Crippen molar-refractivity contribution in [1.82, 2.24) is 9.88 Å². The highest BCUT2D eigenvalue weighted by Crippen LogP contribution is 2.33. The number of aromatic nitrogens is 1. The van der Waals surface area contributed by atoms with Gasteiger partial charge in [-0.25, -0.2) is 9.37 Å². The van der Waals surface area contributed by atoms with Crippen molar-refractivity contribution in [2.75, 3.05) is 13.2 Å². The first kappa shape index (κ1) is 15.1. The van der Waals surface area contributed by atoms with Crippen molar-refractivity contribution in [3.63, 3.8) is 0 Å². The van der Waals surface area contributed by atoms with Gasteiger partial charge >= 0.3 is 0 Å². The molecule has 4 rings (SSSR count). The highest BCUT2D eigenvalue weighted by molar-refractivity contribution is 5.94. The number of furan rings is 1. The number of morpholine rings is 1. The van der Waals surface area contributed by atoms with Gasteiger partial charge in [-0.15, -0.1) is 0 Å². The number of rotatable bonds is 3. The highest BCUT2D eigenvalue weighted by atomic mass is 19.1. The van der Waals surface area contributed by atoms with Crippen molar-refractivity contribution in [2.24, 2.45) is 0 Å². The Bertz CT molecular complexity index is 721. The molecule has 2 aliphatic rings. The molecule has 0 radical (unpaired) electrons. The summed E-state index contributed by atoms with van der Waals surface area (Å²) in [6.07, 6.45) is 5.24. The first-order valence-electron chi connectivity index (χ1n) is 7.96. The second-order valence-corrected chi connectivity index (χ2v) is 5.94. The van der Waals surface area contributed by atoms with E-state index in [0.717, 1.165) is 6.42 Å². The standard InChI is InChI=1S/C17H17FN2O4/c18-12-2-1-6-19-16(12)24-14-4-3-13-15(14)23-9-7-20(13)17(21)11-5-8-22-10-11/h1-2,5-6,8,10,13-15H,3-4,7,9H2/t13-,14+,15+/m1/s1. The van der Waals surface area contributed by atoms with Crippen LogP contribution in [-0.2, 0) is 4.74 Å². The van der Waals surface area contributed by atoms with Crippen LogP contribution in [0.25, 0.3) is 0 Å². The first-order chi connectivity index (χ1) is 11.7. The van der Waals surface area contributed by atoms with Crippen LogP contribution in [-0.4, -0.2) is 47.2 Å². The molecule has 0 N–H and O–H groups in total. The van der Waals surface area contributed by atoms with Crippen molar-refractivity contribution in [3.8, 4) is 5.88 Å². The predicted octanol–water partition coefficient (Wildman–Crippen LogP) is 2.26. The van der Waals surface area contributed by atoms with Gasteiger partial charge in [0.25, 0.3) is 11.8 Å². The van der Waals surface area contributed by atoms with E-state index >= 15 is 0 Å². The van der Waals surface area contributed by atoms with Gasteiger partial charge in [-0.2, -0.15) is 0 Å². The third kappa shape index (κ3) is 2.65. The van der Waals surface area contributed by atoms with Crippen LogP contribution in [0.3, 0.4) is 0 Å². The summed E-state index contributed by atoms with van der Waals surface area (Å²) in [7, 11) is 0. The van der Waals surface area contributed by atoms with Crippen molar-refractivity contribution in [2.45, 2.75) is 31.1 Å². The second kappa shape index (κ2) is 6.24. The largest absolute Gasteiger partial charge is 0.472 e. The number of amides is 1. The Hall–Kier alpha value is -2.41. The molecule has 2 aromatic rings. The first-order valence-corrected chi connectivity index (χ1v) is 7.96. The number of hydrogen-bond donors (Lipinski definition) is 0. The molecule has 0 bridgehead atoms. The summed E-state index contributed by atoms with van der Waals surface area (Å²) in [6.45, 7) is 0.950. The SMILES string of the molecule is O=C(c1ccoc1)N1CCO[C@@H]2[C@@H](Oc3ncccc3F)CC[C@H]21. The van der Waals surface area contributed by atoms with Gasteiger partial charge in [0.15, 0.2) is 5.82 Å². The van der Waals surface area contributed by atoms with Crippen LogP contribution in [0.5, 0.6) is 5.88 Å². The molecule has 7 heteroatoms. The molecule has 2 aromatic heterocycles. The average molecular weight is 332 g/mol. The third-order valence-electron chi connectivity index (χ3n) is 4.55. The Kier molecular flexibility index (Phi) is 3.93. The van der Waals surface area contributed by atoms with Crippen molar-refractivity contribution in [3.05, 3.63) is 48.3 Å². The Morgan fingerprint density at radius 3 is 3.08 bits per heavy atom. The summed E-state index contributed by atoms with van der Waals surface area (Å²) in [5.74, 6) is -0.597. The van der Waals surface area contributed by atoms with E-state index in [1.54, 1.807) is 11.0 Å². The Morgan fingerprint density at radius 1 is 1.38 bits per heavy atom. The molecule has 24 heavy (non-hydrogen) atoms. The lowest BCUT2D eigenvalue weighted by atomic mass is 10.1. The van der Waals surface area contributed by atoms with E-state index < -0.39 is 5.82 Å². The van der Waals surface area contributed by atoms with Crippen LogP contribution >= 0.6 is 0 Å². The van der Waals surface area contributed by atoms with Gasteiger partial charge in [-0.3, -0.25) is 4.79 Å². The zero-order valence-electron chi connectivity index (χ0n) is 12.9. The van der Waals surface area contributed by atoms with Crippen LogP contribution in [0.4, 0.5) is 4.39 Å². The quantitative estimate of drug-likeness (QED) is 0.863. The summed E-state index contributed by atoms with van der Waals surface area (Å²) in [6, 6.07) is 4.39. The highest BCUT2D eigenvalue weighted by Gasteiger charge is 2.46. The fraction of sp³-hybridized carbons (Fsp3) is 0.412. The van der Waals surface area contributed by atoms with E-state index in [4.69, 9.17) is 13.9 Å². The van der Waals surface area contributed by atoms with Gasteiger partial charge in [0.05, 0.1) is 24.5 Å². The molecule has 1 aliphatic carbocycles. The lowest BCUT2D eigenvalue weighted by Crippen LogP contribution is -2.54. The van der Waals surface area contributed by atoms with Gasteiger partial charge in [0.1, 0.15) is 18.5 Å². The maximum absolute atomic E-state index is 13.8. The fourth-order valence-electron chi connectivity index (χ4n) is 3.45. The molecular formula is C17H17FN2O4. The van der Waals surface area contributed by atoms with E-state index in [1.807, 2.05) is 0 Å². The minimum absolute atomic E-state index is 0.0231. The number of carbonyl (C=O) groups is 1. The van der Waals surface area contributed by atoms with Crippen LogP contribution in [0, 0.1) is 5.82 Å². The molecule has 1 saturated carbocycles. The van der Waals surface area contributed by atoms with Crippen LogP contribution in [0.1, 0.15) is 23.2 Å². The maximum atomic E-state index is 13.8. The molecule has 6 nitrogen and oxygen atoms in total. The van der Waals surface area contributed by atoms with E-state index in [0.29, 0.717) is 25.1 Å². The Balaban J connectivity index is 1.50. The molecule has 1 aliphatic heterocycles. The number of hydrogen-bond acceptors (Lipinski definition) is 5. The van der Waals surface area contributed by atoms with Gasteiger partial charge in [-0.1, -0.05) is 0 Å². The molecule has 1 saturated heterocycles. The molecule has 126 valence electrons. The van der Waals surface area contributed by atoms with E-state index in [1.165, 1.54) is 30.9 Å². The summed E-state index contributed by atoms with van der Waals surface area (Å²) in [4.78, 5) is 18.4. The summed E-state index contributed by atoms with van der Waals surface area (Å²) in [5.41, 5.74) is 0.524. The number of pyridine rings is 1.